The third-order valence-electron chi connectivity index (χ3n) is 4.58. The van der Waals surface area contributed by atoms with E-state index in [9.17, 15) is 4.79 Å². The number of carbonyl (C=O) groups excluding carboxylic acids is 1. The molecule has 146 valence electrons. The van der Waals surface area contributed by atoms with Crippen molar-refractivity contribution in [2.24, 2.45) is 10.9 Å². The van der Waals surface area contributed by atoms with Gasteiger partial charge in [-0.2, -0.15) is 0 Å². The Bertz CT molecular complexity index is 630. The number of benzene rings is 1. The molecule has 0 aromatic heterocycles. The molecule has 1 amide bonds. The van der Waals surface area contributed by atoms with Gasteiger partial charge in [0.05, 0.1) is 6.54 Å². The predicted molar refractivity (Wildman–Crippen MR) is 119 cm³/mol. The molecule has 0 radical (unpaired) electrons. The van der Waals surface area contributed by atoms with Crippen molar-refractivity contribution in [3.63, 3.8) is 0 Å². The summed E-state index contributed by atoms with van der Waals surface area (Å²) in [6.07, 6.45) is 0.965. The highest BCUT2D eigenvalue weighted by atomic mass is 127. The first-order valence-electron chi connectivity index (χ1n) is 9.30. The number of amides is 1. The number of aliphatic imine (C=N–C) groups is 1. The Hall–Kier alpha value is -1.31. The van der Waals surface area contributed by atoms with Gasteiger partial charge in [-0.25, -0.2) is 4.99 Å². The number of guanidine groups is 1. The summed E-state index contributed by atoms with van der Waals surface area (Å²) in [5.74, 6) is 1.12. The summed E-state index contributed by atoms with van der Waals surface area (Å²) < 4.78 is 0. The molecular weight excluding hydrogens is 439 g/mol. The van der Waals surface area contributed by atoms with Crippen LogP contribution in [0.2, 0.25) is 0 Å². The van der Waals surface area contributed by atoms with E-state index >= 15 is 0 Å². The first-order chi connectivity index (χ1) is 11.9. The molecule has 1 saturated heterocycles. The van der Waals surface area contributed by atoms with Gasteiger partial charge in [-0.3, -0.25) is 4.79 Å². The molecule has 1 atom stereocenters. The number of rotatable bonds is 5. The van der Waals surface area contributed by atoms with Crippen LogP contribution in [-0.2, 0) is 11.3 Å². The smallest absolute Gasteiger partial charge is 0.225 e. The molecule has 0 saturated carbocycles. The number of hydrogen-bond acceptors (Lipinski definition) is 2. The minimum absolute atomic E-state index is 0. The van der Waals surface area contributed by atoms with E-state index in [1.807, 2.05) is 18.7 Å². The van der Waals surface area contributed by atoms with Crippen molar-refractivity contribution in [2.75, 3.05) is 19.6 Å². The lowest BCUT2D eigenvalue weighted by Gasteiger charge is -2.20. The highest BCUT2D eigenvalue weighted by molar-refractivity contribution is 14.0. The maximum atomic E-state index is 12.1. The molecular formula is C20H33IN4O. The van der Waals surface area contributed by atoms with Crippen LogP contribution >= 0.6 is 24.0 Å². The lowest BCUT2D eigenvalue weighted by atomic mass is 10.1. The Kier molecular flexibility index (Phi) is 9.39. The molecule has 0 spiro atoms. The Balaban J connectivity index is 0.00000338. The van der Waals surface area contributed by atoms with Gasteiger partial charge in [-0.15, -0.1) is 24.0 Å². The summed E-state index contributed by atoms with van der Waals surface area (Å²) >= 11 is 0. The van der Waals surface area contributed by atoms with Gasteiger partial charge in [0.15, 0.2) is 5.96 Å². The lowest BCUT2D eigenvalue weighted by Crippen LogP contribution is -2.45. The van der Waals surface area contributed by atoms with E-state index in [2.05, 4.69) is 49.6 Å². The van der Waals surface area contributed by atoms with Crippen molar-refractivity contribution in [1.82, 2.24) is 15.5 Å². The quantitative estimate of drug-likeness (QED) is 0.393. The molecule has 5 nitrogen and oxygen atoms in total. The molecule has 1 heterocycles. The predicted octanol–water partition coefficient (Wildman–Crippen LogP) is 3.23. The SMILES string of the molecule is CCNC(=NCc1ccc(C)cc1C)NC1CCN(C(=O)C(C)C)C1.I. The summed E-state index contributed by atoms with van der Waals surface area (Å²) in [6, 6.07) is 6.73. The van der Waals surface area contributed by atoms with Gasteiger partial charge >= 0.3 is 0 Å². The second-order valence-electron chi connectivity index (χ2n) is 7.19. The van der Waals surface area contributed by atoms with Crippen LogP contribution in [0.5, 0.6) is 0 Å². The molecule has 1 aliphatic rings. The van der Waals surface area contributed by atoms with Crippen molar-refractivity contribution in [3.8, 4) is 0 Å². The van der Waals surface area contributed by atoms with Crippen molar-refractivity contribution in [2.45, 2.75) is 53.6 Å². The summed E-state index contributed by atoms with van der Waals surface area (Å²) in [6.45, 7) is 13.3. The van der Waals surface area contributed by atoms with Crippen LogP contribution < -0.4 is 10.6 Å². The van der Waals surface area contributed by atoms with Crippen LogP contribution in [-0.4, -0.2) is 42.4 Å². The molecule has 1 aromatic rings. The van der Waals surface area contributed by atoms with Crippen LogP contribution in [0, 0.1) is 19.8 Å². The van der Waals surface area contributed by atoms with Gasteiger partial charge in [-0.05, 0) is 38.3 Å². The van der Waals surface area contributed by atoms with Crippen LogP contribution in [0.15, 0.2) is 23.2 Å². The maximum absolute atomic E-state index is 12.1. The number of likely N-dealkylation sites (tertiary alicyclic amines) is 1. The second-order valence-corrected chi connectivity index (χ2v) is 7.19. The molecule has 0 bridgehead atoms. The largest absolute Gasteiger partial charge is 0.357 e. The minimum Gasteiger partial charge on any atom is -0.357 e. The zero-order valence-electron chi connectivity index (χ0n) is 16.6. The fourth-order valence-electron chi connectivity index (χ4n) is 3.14. The van der Waals surface area contributed by atoms with E-state index in [0.29, 0.717) is 6.54 Å². The van der Waals surface area contributed by atoms with Gasteiger partial charge in [0.1, 0.15) is 0 Å². The molecule has 1 unspecified atom stereocenters. The maximum Gasteiger partial charge on any atom is 0.225 e. The molecule has 2 N–H and O–H groups in total. The van der Waals surface area contributed by atoms with Crippen molar-refractivity contribution >= 4 is 35.8 Å². The zero-order chi connectivity index (χ0) is 18.4. The van der Waals surface area contributed by atoms with Crippen molar-refractivity contribution < 1.29 is 4.79 Å². The van der Waals surface area contributed by atoms with E-state index in [4.69, 9.17) is 4.99 Å². The third-order valence-corrected chi connectivity index (χ3v) is 4.58. The number of nitrogens with zero attached hydrogens (tertiary/aromatic N) is 2. The number of carbonyl (C=O) groups is 1. The van der Waals surface area contributed by atoms with E-state index < -0.39 is 0 Å². The minimum atomic E-state index is 0. The van der Waals surface area contributed by atoms with Crippen LogP contribution in [0.1, 0.15) is 43.9 Å². The van der Waals surface area contributed by atoms with Crippen LogP contribution in [0.3, 0.4) is 0 Å². The number of nitrogens with one attached hydrogen (secondary N) is 2. The molecule has 2 rings (SSSR count). The molecule has 1 aliphatic heterocycles. The molecule has 6 heteroatoms. The lowest BCUT2D eigenvalue weighted by molar-refractivity contribution is -0.133. The van der Waals surface area contributed by atoms with Crippen molar-refractivity contribution in [3.05, 3.63) is 34.9 Å². The van der Waals surface area contributed by atoms with Crippen LogP contribution in [0.4, 0.5) is 0 Å². The number of halogens is 1. The molecule has 1 fully saturated rings. The standard InChI is InChI=1S/C20H32N4O.HI/c1-6-21-20(22-12-17-8-7-15(4)11-16(17)5)23-18-9-10-24(13-18)19(25)14(2)3;/h7-8,11,14,18H,6,9-10,12-13H2,1-5H3,(H2,21,22,23);1H. The molecule has 0 aliphatic carbocycles. The number of aryl methyl sites for hydroxylation is 2. The second kappa shape index (κ2) is 10.7. The Morgan fingerprint density at radius 2 is 2.08 bits per heavy atom. The molecule has 1 aromatic carbocycles. The third kappa shape index (κ3) is 6.45. The van der Waals surface area contributed by atoms with E-state index in [1.165, 1.54) is 16.7 Å². The Morgan fingerprint density at radius 1 is 1.35 bits per heavy atom. The fourth-order valence-corrected chi connectivity index (χ4v) is 3.14. The Labute approximate surface area is 175 Å². The average Bonchev–Trinajstić information content (AvgIpc) is 3.01. The van der Waals surface area contributed by atoms with Crippen molar-refractivity contribution in [1.29, 1.82) is 0 Å². The summed E-state index contributed by atoms with van der Waals surface area (Å²) in [5.41, 5.74) is 3.79. The summed E-state index contributed by atoms with van der Waals surface area (Å²) in [7, 11) is 0. The van der Waals surface area contributed by atoms with Gasteiger partial charge in [-0.1, -0.05) is 37.6 Å². The fraction of sp³-hybridized carbons (Fsp3) is 0.600. The van der Waals surface area contributed by atoms with Gasteiger partial charge in [0.25, 0.3) is 0 Å². The number of hydrogen-bond donors (Lipinski definition) is 2. The normalized spacial score (nSPS) is 17.2. The van der Waals surface area contributed by atoms with Gasteiger partial charge in [0, 0.05) is 31.6 Å². The molecule has 26 heavy (non-hydrogen) atoms. The highest BCUT2D eigenvalue weighted by Gasteiger charge is 2.27. The highest BCUT2D eigenvalue weighted by Crippen LogP contribution is 2.14. The van der Waals surface area contributed by atoms with E-state index in [0.717, 1.165) is 32.0 Å². The van der Waals surface area contributed by atoms with Crippen LogP contribution in [0.25, 0.3) is 0 Å². The average molecular weight is 472 g/mol. The topological polar surface area (TPSA) is 56.7 Å². The first-order valence-corrected chi connectivity index (χ1v) is 9.30. The first kappa shape index (κ1) is 22.7. The summed E-state index contributed by atoms with van der Waals surface area (Å²) in [4.78, 5) is 18.8. The van der Waals surface area contributed by atoms with Gasteiger partial charge in [0.2, 0.25) is 5.91 Å². The monoisotopic (exact) mass is 472 g/mol. The Morgan fingerprint density at radius 3 is 2.69 bits per heavy atom. The van der Waals surface area contributed by atoms with E-state index in [1.54, 1.807) is 0 Å². The van der Waals surface area contributed by atoms with Gasteiger partial charge < -0.3 is 15.5 Å². The van der Waals surface area contributed by atoms with E-state index in [-0.39, 0.29) is 41.8 Å². The summed E-state index contributed by atoms with van der Waals surface area (Å²) in [5, 5.41) is 6.80. The zero-order valence-corrected chi connectivity index (χ0v) is 19.0.